The first-order valence-corrected chi connectivity index (χ1v) is 7.48. The van der Waals surface area contributed by atoms with Crippen LogP contribution in [0.25, 0.3) is 0 Å². The monoisotopic (exact) mass is 330 g/mol. The Morgan fingerprint density at radius 1 is 1.18 bits per heavy atom. The average Bonchev–Trinajstić information content (AvgIpc) is 2.48. The van der Waals surface area contributed by atoms with Crippen LogP contribution in [-0.4, -0.2) is 42.5 Å². The van der Waals surface area contributed by atoms with Gasteiger partial charge in [0.05, 0.1) is 13.2 Å². The molecule has 0 aliphatic carbocycles. The van der Waals surface area contributed by atoms with E-state index in [1.54, 1.807) is 6.92 Å². The highest BCUT2D eigenvalue weighted by Crippen LogP contribution is 2.02. The fourth-order valence-corrected chi connectivity index (χ4v) is 1.59. The van der Waals surface area contributed by atoms with Crippen LogP contribution in [-0.2, 0) is 23.9 Å². The highest BCUT2D eigenvalue weighted by molar-refractivity contribution is 7.40. The molecule has 0 rings (SSSR count). The summed E-state index contributed by atoms with van der Waals surface area (Å²) in [6.45, 7) is 5.03. The van der Waals surface area contributed by atoms with Crippen LogP contribution in [0.3, 0.4) is 0 Å². The van der Waals surface area contributed by atoms with Gasteiger partial charge in [0.25, 0.3) is 0 Å². The molecule has 8 heteroatoms. The van der Waals surface area contributed by atoms with Crippen LogP contribution >= 0.6 is 9.24 Å². The van der Waals surface area contributed by atoms with Crippen LogP contribution in [0.1, 0.15) is 32.6 Å². The molecule has 124 valence electrons. The van der Waals surface area contributed by atoms with E-state index < -0.39 is 18.0 Å². The molecule has 0 heterocycles. The Balaban J connectivity index is 4.18. The van der Waals surface area contributed by atoms with Gasteiger partial charge in [-0.3, -0.25) is 19.2 Å². The van der Waals surface area contributed by atoms with E-state index in [1.807, 2.05) is 9.24 Å². The second kappa shape index (κ2) is 10.9. The summed E-state index contributed by atoms with van der Waals surface area (Å²) in [5.41, 5.74) is -0.259. The molecule has 0 bridgehead atoms. The Bertz CT molecular complexity index is 439. The number of methoxy groups -OCH3 is 1. The van der Waals surface area contributed by atoms with E-state index in [-0.39, 0.29) is 30.2 Å². The zero-order chi connectivity index (χ0) is 17.1. The smallest absolute Gasteiger partial charge is 0.305 e. The average molecular weight is 330 g/mol. The summed E-state index contributed by atoms with van der Waals surface area (Å²) in [6.07, 6.45) is 2.77. The number of nitrogens with one attached hydrogen (secondary N) is 2. The molecule has 0 aliphatic rings. The highest BCUT2D eigenvalue weighted by atomic mass is 31.0. The zero-order valence-corrected chi connectivity index (χ0v) is 14.0. The minimum Gasteiger partial charge on any atom is -0.469 e. The molecule has 7 nitrogen and oxygen atoms in total. The lowest BCUT2D eigenvalue weighted by molar-refractivity contribution is -0.140. The van der Waals surface area contributed by atoms with Crippen LogP contribution in [0.2, 0.25) is 0 Å². The number of esters is 1. The van der Waals surface area contributed by atoms with Crippen molar-refractivity contribution in [2.45, 2.75) is 44.7 Å². The molecule has 22 heavy (non-hydrogen) atoms. The van der Waals surface area contributed by atoms with E-state index in [0.29, 0.717) is 12.8 Å². The quantitative estimate of drug-likeness (QED) is 0.260. The normalized spacial score (nSPS) is 12.7. The molecule has 0 spiro atoms. The first kappa shape index (κ1) is 20.2. The molecule has 0 saturated carbocycles. The molecule has 0 aliphatic heterocycles. The Labute approximate surface area is 132 Å². The first-order valence-electron chi connectivity index (χ1n) is 6.90. The molecular formula is C14H23N2O5P. The summed E-state index contributed by atoms with van der Waals surface area (Å²) in [7, 11) is 3.29. The van der Waals surface area contributed by atoms with Gasteiger partial charge >= 0.3 is 5.97 Å². The molecule has 0 aromatic rings. The van der Waals surface area contributed by atoms with Gasteiger partial charge in [-0.15, -0.1) is 6.58 Å². The Kier molecular flexibility index (Phi) is 10.0. The first-order chi connectivity index (χ1) is 10.3. The number of carbonyl (C=O) groups excluding carboxylic acids is 4. The van der Waals surface area contributed by atoms with Gasteiger partial charge in [-0.25, -0.2) is 0 Å². The van der Waals surface area contributed by atoms with Crippen molar-refractivity contribution in [1.29, 1.82) is 0 Å². The maximum absolute atomic E-state index is 11.9. The molecule has 0 saturated heterocycles. The topological polar surface area (TPSA) is 102 Å². The lowest BCUT2D eigenvalue weighted by Gasteiger charge is -2.17. The number of amides is 2. The van der Waals surface area contributed by atoms with Gasteiger partial charge in [0, 0.05) is 12.8 Å². The Morgan fingerprint density at radius 3 is 2.27 bits per heavy atom. The van der Waals surface area contributed by atoms with Crippen LogP contribution in [0.15, 0.2) is 12.7 Å². The number of rotatable bonds is 10. The fourth-order valence-electron chi connectivity index (χ4n) is 1.51. The van der Waals surface area contributed by atoms with E-state index in [0.717, 1.165) is 0 Å². The van der Waals surface area contributed by atoms with Crippen molar-refractivity contribution in [1.82, 2.24) is 10.6 Å². The van der Waals surface area contributed by atoms with Crippen LogP contribution in [0, 0.1) is 0 Å². The Morgan fingerprint density at radius 2 is 1.77 bits per heavy atom. The van der Waals surface area contributed by atoms with Crippen molar-refractivity contribution in [3.8, 4) is 0 Å². The Hall–Kier alpha value is -1.75. The van der Waals surface area contributed by atoms with Gasteiger partial charge in [-0.1, -0.05) is 15.3 Å². The molecular weight excluding hydrogens is 307 g/mol. The van der Waals surface area contributed by atoms with Gasteiger partial charge in [0.2, 0.25) is 11.8 Å². The van der Waals surface area contributed by atoms with Gasteiger partial charge in [0.15, 0.2) is 5.52 Å². The summed E-state index contributed by atoms with van der Waals surface area (Å²) in [6, 6.07) is -1.56. The molecule has 1 unspecified atom stereocenters. The zero-order valence-electron chi connectivity index (χ0n) is 12.9. The van der Waals surface area contributed by atoms with Crippen molar-refractivity contribution in [3.63, 3.8) is 0 Å². The van der Waals surface area contributed by atoms with Crippen molar-refractivity contribution in [2.24, 2.45) is 0 Å². The van der Waals surface area contributed by atoms with Gasteiger partial charge in [-0.2, -0.15) is 0 Å². The third-order valence-electron chi connectivity index (χ3n) is 2.88. The molecule has 0 fully saturated rings. The van der Waals surface area contributed by atoms with Crippen molar-refractivity contribution < 1.29 is 23.9 Å². The van der Waals surface area contributed by atoms with Crippen LogP contribution in [0.5, 0.6) is 0 Å². The number of hydrogen-bond donors (Lipinski definition) is 2. The lowest BCUT2D eigenvalue weighted by atomic mass is 10.1. The molecule has 0 radical (unpaired) electrons. The van der Waals surface area contributed by atoms with E-state index in [1.165, 1.54) is 13.2 Å². The predicted molar refractivity (Wildman–Crippen MR) is 84.9 cm³/mol. The molecule has 2 N–H and O–H groups in total. The summed E-state index contributed by atoms with van der Waals surface area (Å²) >= 11 is 0. The maximum atomic E-state index is 11.9. The summed E-state index contributed by atoms with van der Waals surface area (Å²) in [5, 5.41) is 4.98. The van der Waals surface area contributed by atoms with Crippen molar-refractivity contribution >= 4 is 32.5 Å². The standard InChI is InChI=1S/C14H23N2O5P/c1-4-10(13(19)15-9(2)14(20)22)16-11(17)7-5-6-8-12(18)21-3/h4,9-10H,1,5-8,22H2,2-3H3,(H,15,19)(H,16,17)/t9-,10-/m0/s1. The third kappa shape index (κ3) is 8.52. The highest BCUT2D eigenvalue weighted by Gasteiger charge is 2.20. The van der Waals surface area contributed by atoms with E-state index in [2.05, 4.69) is 21.9 Å². The van der Waals surface area contributed by atoms with Gasteiger partial charge < -0.3 is 15.4 Å². The predicted octanol–water partition coefficient (Wildman–Crippen LogP) is 0.297. The van der Waals surface area contributed by atoms with Gasteiger partial charge in [-0.05, 0) is 19.8 Å². The number of carbonyl (C=O) groups is 4. The lowest BCUT2D eigenvalue weighted by Crippen LogP contribution is -2.49. The summed E-state index contributed by atoms with van der Waals surface area (Å²) in [4.78, 5) is 45.6. The largest absolute Gasteiger partial charge is 0.469 e. The van der Waals surface area contributed by atoms with Crippen LogP contribution in [0.4, 0.5) is 0 Å². The number of hydrogen-bond acceptors (Lipinski definition) is 5. The summed E-state index contributed by atoms with van der Waals surface area (Å²) in [5.74, 6) is -1.14. The van der Waals surface area contributed by atoms with Crippen molar-refractivity contribution in [3.05, 3.63) is 12.7 Å². The molecule has 3 atom stereocenters. The minimum atomic E-state index is -0.903. The third-order valence-corrected chi connectivity index (χ3v) is 3.38. The number of unbranched alkanes of at least 4 members (excludes halogenated alkanes) is 1. The van der Waals surface area contributed by atoms with E-state index in [9.17, 15) is 19.2 Å². The molecule has 0 aromatic carbocycles. The summed E-state index contributed by atoms with van der Waals surface area (Å²) < 4.78 is 4.49. The van der Waals surface area contributed by atoms with E-state index >= 15 is 0 Å². The second-order valence-electron chi connectivity index (χ2n) is 4.70. The number of ether oxygens (including phenoxy) is 1. The molecule has 2 amide bonds. The van der Waals surface area contributed by atoms with E-state index in [4.69, 9.17) is 0 Å². The SMILES string of the molecule is C=C[C@H](NC(=O)CCCCC(=O)OC)C(=O)N[C@@H](C)C(=O)P. The van der Waals surface area contributed by atoms with Crippen LogP contribution < -0.4 is 10.6 Å². The fraction of sp³-hybridized carbons (Fsp3) is 0.571. The second-order valence-corrected chi connectivity index (χ2v) is 5.27. The molecule has 0 aromatic heterocycles. The maximum Gasteiger partial charge on any atom is 0.305 e. The van der Waals surface area contributed by atoms with Crippen molar-refractivity contribution in [2.75, 3.05) is 7.11 Å². The van der Waals surface area contributed by atoms with Gasteiger partial charge in [0.1, 0.15) is 6.04 Å². The minimum absolute atomic E-state index is 0.187.